The predicted molar refractivity (Wildman–Crippen MR) is 87.5 cm³/mol. The van der Waals surface area contributed by atoms with Crippen LogP contribution in [0.1, 0.15) is 35.2 Å². The van der Waals surface area contributed by atoms with Gasteiger partial charge < -0.3 is 5.32 Å². The van der Waals surface area contributed by atoms with Gasteiger partial charge >= 0.3 is 0 Å². The van der Waals surface area contributed by atoms with E-state index in [1.54, 1.807) is 0 Å². The smallest absolute Gasteiger partial charge is 0.0408 e. The van der Waals surface area contributed by atoms with Crippen LogP contribution in [0.5, 0.6) is 0 Å². The van der Waals surface area contributed by atoms with Crippen LogP contribution in [-0.2, 0) is 6.42 Å². The van der Waals surface area contributed by atoms with Crippen molar-refractivity contribution in [1.29, 1.82) is 0 Å². The van der Waals surface area contributed by atoms with Gasteiger partial charge in [-0.15, -0.1) is 0 Å². The Labute approximate surface area is 127 Å². The number of likely N-dealkylation sites (N-methyl/N-ethyl adjacent to an activating group) is 1. The van der Waals surface area contributed by atoms with E-state index in [4.69, 9.17) is 11.6 Å². The minimum Gasteiger partial charge on any atom is -0.310 e. The molecule has 0 radical (unpaired) electrons. The average Bonchev–Trinajstić information content (AvgIpc) is 2.38. The number of aryl methyl sites for hydroxylation is 2. The van der Waals surface area contributed by atoms with Gasteiger partial charge in [-0.25, -0.2) is 0 Å². The lowest BCUT2D eigenvalue weighted by Gasteiger charge is -2.21. The first-order chi connectivity index (χ1) is 9.60. The SMILES string of the molecule is CCNC(Cc1cccc(Cl)c1)c1ccc(C)cc1C. The molecule has 0 aliphatic rings. The molecule has 0 aromatic heterocycles. The van der Waals surface area contributed by atoms with E-state index in [0.29, 0.717) is 6.04 Å². The highest BCUT2D eigenvalue weighted by Crippen LogP contribution is 2.24. The summed E-state index contributed by atoms with van der Waals surface area (Å²) < 4.78 is 0. The highest BCUT2D eigenvalue weighted by molar-refractivity contribution is 6.30. The van der Waals surface area contributed by atoms with E-state index in [2.05, 4.69) is 56.4 Å². The lowest BCUT2D eigenvalue weighted by Crippen LogP contribution is -2.23. The first-order valence-corrected chi connectivity index (χ1v) is 7.53. The molecule has 1 atom stereocenters. The quantitative estimate of drug-likeness (QED) is 0.829. The first kappa shape index (κ1) is 15.1. The number of rotatable bonds is 5. The van der Waals surface area contributed by atoms with Gasteiger partial charge in [0.25, 0.3) is 0 Å². The van der Waals surface area contributed by atoms with Gasteiger partial charge in [-0.2, -0.15) is 0 Å². The van der Waals surface area contributed by atoms with E-state index in [1.807, 2.05) is 12.1 Å². The third kappa shape index (κ3) is 3.84. The van der Waals surface area contributed by atoms with Crippen molar-refractivity contribution in [3.63, 3.8) is 0 Å². The maximum atomic E-state index is 6.08. The van der Waals surface area contributed by atoms with E-state index >= 15 is 0 Å². The maximum absolute atomic E-state index is 6.08. The summed E-state index contributed by atoms with van der Waals surface area (Å²) in [4.78, 5) is 0. The molecule has 0 saturated carbocycles. The van der Waals surface area contributed by atoms with E-state index in [0.717, 1.165) is 18.0 Å². The van der Waals surface area contributed by atoms with Crippen molar-refractivity contribution in [3.8, 4) is 0 Å². The largest absolute Gasteiger partial charge is 0.310 e. The molecule has 0 heterocycles. The molecule has 1 unspecified atom stereocenters. The molecule has 0 aliphatic heterocycles. The number of benzene rings is 2. The Morgan fingerprint density at radius 3 is 2.55 bits per heavy atom. The van der Waals surface area contributed by atoms with E-state index in [9.17, 15) is 0 Å². The summed E-state index contributed by atoms with van der Waals surface area (Å²) in [6.07, 6.45) is 0.957. The number of halogens is 1. The van der Waals surface area contributed by atoms with E-state index in [-0.39, 0.29) is 0 Å². The minimum absolute atomic E-state index is 0.332. The second kappa shape index (κ2) is 6.92. The lowest BCUT2D eigenvalue weighted by molar-refractivity contribution is 0.547. The monoisotopic (exact) mass is 287 g/mol. The van der Waals surface area contributed by atoms with Crippen LogP contribution in [0, 0.1) is 13.8 Å². The average molecular weight is 288 g/mol. The molecule has 0 aliphatic carbocycles. The zero-order chi connectivity index (χ0) is 14.5. The standard InChI is InChI=1S/C18H22ClN/c1-4-20-18(12-15-6-5-7-16(19)11-15)17-9-8-13(2)10-14(17)3/h5-11,18,20H,4,12H2,1-3H3. The molecular weight excluding hydrogens is 266 g/mol. The molecule has 106 valence electrons. The van der Waals surface area contributed by atoms with Gasteiger partial charge in [-0.3, -0.25) is 0 Å². The number of hydrogen-bond acceptors (Lipinski definition) is 1. The zero-order valence-electron chi connectivity index (χ0n) is 12.4. The first-order valence-electron chi connectivity index (χ1n) is 7.15. The van der Waals surface area contributed by atoms with Crippen molar-refractivity contribution >= 4 is 11.6 Å². The predicted octanol–water partition coefficient (Wildman–Crippen LogP) is 4.85. The van der Waals surface area contributed by atoms with Crippen LogP contribution in [0.15, 0.2) is 42.5 Å². The van der Waals surface area contributed by atoms with Crippen molar-refractivity contribution in [1.82, 2.24) is 5.32 Å². The van der Waals surface area contributed by atoms with Crippen LogP contribution in [0.2, 0.25) is 5.02 Å². The second-order valence-corrected chi connectivity index (χ2v) is 5.74. The van der Waals surface area contributed by atoms with Crippen molar-refractivity contribution in [3.05, 3.63) is 69.7 Å². The maximum Gasteiger partial charge on any atom is 0.0408 e. The zero-order valence-corrected chi connectivity index (χ0v) is 13.2. The number of nitrogens with one attached hydrogen (secondary N) is 1. The third-order valence-electron chi connectivity index (χ3n) is 3.58. The van der Waals surface area contributed by atoms with Crippen molar-refractivity contribution < 1.29 is 0 Å². The molecular formula is C18H22ClN. The van der Waals surface area contributed by atoms with Crippen LogP contribution in [0.4, 0.5) is 0 Å². The third-order valence-corrected chi connectivity index (χ3v) is 3.82. The van der Waals surface area contributed by atoms with Gasteiger partial charge in [0, 0.05) is 11.1 Å². The van der Waals surface area contributed by atoms with Gasteiger partial charge in [0.05, 0.1) is 0 Å². The van der Waals surface area contributed by atoms with E-state index < -0.39 is 0 Å². The van der Waals surface area contributed by atoms with Gasteiger partial charge in [-0.1, -0.05) is 54.4 Å². The Bertz CT molecular complexity index is 577. The molecule has 0 bridgehead atoms. The molecule has 2 rings (SSSR count). The van der Waals surface area contributed by atoms with Gasteiger partial charge in [-0.05, 0) is 55.6 Å². The normalized spacial score (nSPS) is 12.4. The molecule has 1 nitrogen and oxygen atoms in total. The molecule has 0 saturated heterocycles. The second-order valence-electron chi connectivity index (χ2n) is 5.30. The Kier molecular flexibility index (Phi) is 5.22. The van der Waals surface area contributed by atoms with Gasteiger partial charge in [0.2, 0.25) is 0 Å². The fourth-order valence-electron chi connectivity index (χ4n) is 2.65. The lowest BCUT2D eigenvalue weighted by atomic mass is 9.94. The fourth-order valence-corrected chi connectivity index (χ4v) is 2.87. The van der Waals surface area contributed by atoms with Gasteiger partial charge in [0.1, 0.15) is 0 Å². The highest BCUT2D eigenvalue weighted by Gasteiger charge is 2.13. The summed E-state index contributed by atoms with van der Waals surface area (Å²) in [5, 5.41) is 4.39. The Hall–Kier alpha value is -1.31. The summed E-state index contributed by atoms with van der Waals surface area (Å²) in [5.74, 6) is 0. The Morgan fingerprint density at radius 1 is 1.10 bits per heavy atom. The van der Waals surface area contributed by atoms with Crippen LogP contribution >= 0.6 is 11.6 Å². The van der Waals surface area contributed by atoms with Crippen LogP contribution < -0.4 is 5.32 Å². The highest BCUT2D eigenvalue weighted by atomic mass is 35.5. The molecule has 0 amide bonds. The van der Waals surface area contributed by atoms with Crippen molar-refractivity contribution in [2.45, 2.75) is 33.2 Å². The molecule has 2 heteroatoms. The summed E-state index contributed by atoms with van der Waals surface area (Å²) in [7, 11) is 0. The minimum atomic E-state index is 0.332. The molecule has 2 aromatic carbocycles. The Balaban J connectivity index is 2.26. The van der Waals surface area contributed by atoms with E-state index in [1.165, 1.54) is 22.3 Å². The fraction of sp³-hybridized carbons (Fsp3) is 0.333. The molecule has 1 N–H and O–H groups in total. The van der Waals surface area contributed by atoms with Crippen LogP contribution in [-0.4, -0.2) is 6.54 Å². The topological polar surface area (TPSA) is 12.0 Å². The molecule has 2 aromatic rings. The summed E-state index contributed by atoms with van der Waals surface area (Å²) in [5.41, 5.74) is 5.29. The van der Waals surface area contributed by atoms with Crippen LogP contribution in [0.25, 0.3) is 0 Å². The summed E-state index contributed by atoms with van der Waals surface area (Å²) in [6, 6.07) is 15.1. The van der Waals surface area contributed by atoms with Crippen molar-refractivity contribution in [2.75, 3.05) is 6.54 Å². The Morgan fingerprint density at radius 2 is 1.90 bits per heavy atom. The molecule has 0 fully saturated rings. The summed E-state index contributed by atoms with van der Waals surface area (Å²) >= 11 is 6.08. The van der Waals surface area contributed by atoms with Gasteiger partial charge in [0.15, 0.2) is 0 Å². The molecule has 20 heavy (non-hydrogen) atoms. The number of hydrogen-bond donors (Lipinski definition) is 1. The van der Waals surface area contributed by atoms with Crippen LogP contribution in [0.3, 0.4) is 0 Å². The molecule has 0 spiro atoms. The van der Waals surface area contributed by atoms with Crippen molar-refractivity contribution in [2.24, 2.45) is 0 Å². The summed E-state index contributed by atoms with van der Waals surface area (Å²) in [6.45, 7) is 7.42.